The number of pyridine rings is 1. The summed E-state index contributed by atoms with van der Waals surface area (Å²) in [6, 6.07) is 3.45. The average Bonchev–Trinajstić information content (AvgIpc) is 3.23. The van der Waals surface area contributed by atoms with Crippen molar-refractivity contribution in [1.29, 1.82) is 0 Å². The minimum Gasteiger partial charge on any atom is -0.383 e. The van der Waals surface area contributed by atoms with Crippen molar-refractivity contribution in [3.8, 4) is 11.3 Å². The van der Waals surface area contributed by atoms with Crippen LogP contribution < -0.4 is 5.73 Å². The molecule has 154 valence electrons. The van der Waals surface area contributed by atoms with Crippen molar-refractivity contribution in [3.05, 3.63) is 41.4 Å². The maximum atomic E-state index is 13.2. The molecule has 6 rings (SSSR count). The highest BCUT2D eigenvalue weighted by atomic mass is 19.4. The van der Waals surface area contributed by atoms with Crippen LogP contribution in [0.4, 0.5) is 19.0 Å². The summed E-state index contributed by atoms with van der Waals surface area (Å²) in [6.07, 6.45) is -0.994. The third kappa shape index (κ3) is 2.39. The van der Waals surface area contributed by atoms with Crippen LogP contribution in [0.15, 0.2) is 30.1 Å². The van der Waals surface area contributed by atoms with Crippen LogP contribution in [0.2, 0.25) is 0 Å². The summed E-state index contributed by atoms with van der Waals surface area (Å²) in [5.74, 6) is -0.0264. The topological polar surface area (TPSA) is 69.2 Å². The van der Waals surface area contributed by atoms with E-state index < -0.39 is 17.6 Å². The van der Waals surface area contributed by atoms with Gasteiger partial charge in [0.25, 0.3) is 0 Å². The molecule has 2 bridgehead atoms. The predicted molar refractivity (Wildman–Crippen MR) is 101 cm³/mol. The standard InChI is InChI=1S/C20H22F3N5O/c1-10(2)28-15(19-13-9-27(4-5-29-3)17(19)16(13)19)7-14(26-28)11-6-12(20(21,22)23)18(24)25-8-11/h6-10,16-17H,4-5H2,1-3H3,(H2,24,25)/t16-,17?,19-/m0/s1. The van der Waals surface area contributed by atoms with Gasteiger partial charge in [-0.05, 0) is 31.6 Å². The molecule has 2 aromatic rings. The average molecular weight is 405 g/mol. The normalized spacial score (nSPS) is 26.7. The van der Waals surface area contributed by atoms with Gasteiger partial charge in [0, 0.05) is 43.6 Å². The van der Waals surface area contributed by atoms with Gasteiger partial charge in [0.1, 0.15) is 5.82 Å². The summed E-state index contributed by atoms with van der Waals surface area (Å²) in [6.45, 7) is 5.55. The maximum Gasteiger partial charge on any atom is 0.419 e. The Morgan fingerprint density at radius 3 is 2.69 bits per heavy atom. The molecule has 3 atom stereocenters. The number of alkyl halides is 3. The van der Waals surface area contributed by atoms with Gasteiger partial charge in [0.15, 0.2) is 0 Å². The van der Waals surface area contributed by atoms with Crippen LogP contribution in [-0.4, -0.2) is 46.0 Å². The molecule has 2 N–H and O–H groups in total. The Morgan fingerprint density at radius 1 is 1.31 bits per heavy atom. The zero-order valence-corrected chi connectivity index (χ0v) is 16.4. The van der Waals surface area contributed by atoms with E-state index in [-0.39, 0.29) is 11.5 Å². The first-order valence-electron chi connectivity index (χ1n) is 9.61. The van der Waals surface area contributed by atoms with Crippen LogP contribution in [0.3, 0.4) is 0 Å². The molecule has 6 nitrogen and oxygen atoms in total. The number of methoxy groups -OCH3 is 1. The number of nitrogen functional groups attached to an aromatic ring is 1. The number of hydrogen-bond acceptors (Lipinski definition) is 5. The molecular formula is C20H22F3N5O. The van der Waals surface area contributed by atoms with Crippen LogP contribution in [0.5, 0.6) is 0 Å². The van der Waals surface area contributed by atoms with Crippen molar-refractivity contribution in [2.45, 2.75) is 37.5 Å². The van der Waals surface area contributed by atoms with Gasteiger partial charge in [0.2, 0.25) is 0 Å². The van der Waals surface area contributed by atoms with Crippen molar-refractivity contribution < 1.29 is 17.9 Å². The highest BCUT2D eigenvalue weighted by Gasteiger charge is 2.90. The van der Waals surface area contributed by atoms with Crippen LogP contribution >= 0.6 is 0 Å². The quantitative estimate of drug-likeness (QED) is 0.799. The van der Waals surface area contributed by atoms with E-state index in [4.69, 9.17) is 10.5 Å². The molecule has 0 amide bonds. The van der Waals surface area contributed by atoms with Gasteiger partial charge in [-0.2, -0.15) is 18.3 Å². The Labute approximate surface area is 166 Å². The molecule has 9 heteroatoms. The van der Waals surface area contributed by atoms with Crippen molar-refractivity contribution in [2.75, 3.05) is 26.0 Å². The van der Waals surface area contributed by atoms with Crippen molar-refractivity contribution in [1.82, 2.24) is 19.7 Å². The molecule has 4 heterocycles. The number of ether oxygens (including phenoxy) is 1. The predicted octanol–water partition coefficient (Wildman–Crippen LogP) is 3.22. The third-order valence-corrected chi connectivity index (χ3v) is 6.28. The number of nitrogens with two attached hydrogens (primary N) is 1. The summed E-state index contributed by atoms with van der Waals surface area (Å²) >= 11 is 0. The molecule has 0 radical (unpaired) electrons. The van der Waals surface area contributed by atoms with Crippen LogP contribution in [0.1, 0.15) is 31.1 Å². The zero-order valence-electron chi connectivity index (χ0n) is 16.4. The van der Waals surface area contributed by atoms with E-state index in [1.54, 1.807) is 7.11 Å². The largest absolute Gasteiger partial charge is 0.419 e. The van der Waals surface area contributed by atoms with Gasteiger partial charge in [-0.15, -0.1) is 0 Å². The molecule has 2 saturated carbocycles. The molecule has 2 aliphatic heterocycles. The monoisotopic (exact) mass is 405 g/mol. The van der Waals surface area contributed by atoms with E-state index in [9.17, 15) is 13.2 Å². The number of rotatable bonds is 6. The summed E-state index contributed by atoms with van der Waals surface area (Å²) < 4.78 is 46.9. The van der Waals surface area contributed by atoms with Crippen LogP contribution in [0, 0.1) is 5.92 Å². The molecule has 2 fully saturated rings. The Hall–Kier alpha value is -2.55. The fourth-order valence-electron chi connectivity index (χ4n) is 4.85. The lowest BCUT2D eigenvalue weighted by molar-refractivity contribution is -0.137. The van der Waals surface area contributed by atoms with Gasteiger partial charge < -0.3 is 15.4 Å². The summed E-state index contributed by atoms with van der Waals surface area (Å²) in [5, 5.41) is 4.65. The molecule has 2 aromatic heterocycles. The first-order valence-corrected chi connectivity index (χ1v) is 9.61. The Morgan fingerprint density at radius 2 is 2.07 bits per heavy atom. The summed E-state index contributed by atoms with van der Waals surface area (Å²) in [5.41, 5.74) is 7.74. The molecule has 2 aliphatic carbocycles. The van der Waals surface area contributed by atoms with Gasteiger partial charge in [-0.1, -0.05) is 0 Å². The lowest BCUT2D eigenvalue weighted by atomic mass is 10.0. The highest BCUT2D eigenvalue weighted by Crippen LogP contribution is 2.84. The SMILES string of the molecule is COCCN1C=C2[C@H]3C1[C@]23c1cc(-c2cnc(N)c(C(F)(F)F)c2)nn1C(C)C. The molecule has 29 heavy (non-hydrogen) atoms. The van der Waals surface area contributed by atoms with E-state index in [0.717, 1.165) is 18.3 Å². The lowest BCUT2D eigenvalue weighted by Crippen LogP contribution is -2.27. The Kier molecular flexibility index (Phi) is 3.66. The second kappa shape index (κ2) is 5.75. The number of fused-ring (bicyclic) bond motifs is 1. The second-order valence-corrected chi connectivity index (χ2v) is 8.21. The van der Waals surface area contributed by atoms with Crippen molar-refractivity contribution in [2.24, 2.45) is 5.92 Å². The number of anilines is 1. The number of halogens is 3. The van der Waals surface area contributed by atoms with E-state index in [0.29, 0.717) is 29.8 Å². The fraction of sp³-hybridized carbons (Fsp3) is 0.500. The van der Waals surface area contributed by atoms with Gasteiger partial charge in [0.05, 0.1) is 35.0 Å². The summed E-state index contributed by atoms with van der Waals surface area (Å²) in [7, 11) is 1.69. The second-order valence-electron chi connectivity index (χ2n) is 8.21. The molecule has 0 saturated heterocycles. The number of aromatic nitrogens is 3. The van der Waals surface area contributed by atoms with E-state index >= 15 is 0 Å². The zero-order chi connectivity index (χ0) is 20.7. The van der Waals surface area contributed by atoms with Crippen LogP contribution in [0.25, 0.3) is 11.3 Å². The third-order valence-electron chi connectivity index (χ3n) is 6.28. The van der Waals surface area contributed by atoms with Gasteiger partial charge >= 0.3 is 6.18 Å². The number of hydrogen-bond donors (Lipinski definition) is 1. The van der Waals surface area contributed by atoms with Gasteiger partial charge in [-0.3, -0.25) is 4.68 Å². The minimum absolute atomic E-state index is 0.0304. The smallest absolute Gasteiger partial charge is 0.383 e. The Bertz CT molecular complexity index is 1030. The van der Waals surface area contributed by atoms with E-state index in [1.165, 1.54) is 11.8 Å². The molecular weight excluding hydrogens is 383 g/mol. The Balaban J connectivity index is 1.52. The van der Waals surface area contributed by atoms with Crippen molar-refractivity contribution >= 4 is 5.82 Å². The maximum absolute atomic E-state index is 13.2. The number of nitrogens with zero attached hydrogens (tertiary/aromatic N) is 4. The fourth-order valence-corrected chi connectivity index (χ4v) is 4.85. The highest BCUT2D eigenvalue weighted by molar-refractivity contribution is 5.74. The minimum atomic E-state index is -4.56. The van der Waals surface area contributed by atoms with Crippen molar-refractivity contribution in [3.63, 3.8) is 0 Å². The lowest BCUT2D eigenvalue weighted by Gasteiger charge is -2.19. The van der Waals surface area contributed by atoms with E-state index in [2.05, 4.69) is 21.2 Å². The first-order chi connectivity index (χ1) is 13.7. The van der Waals surface area contributed by atoms with E-state index in [1.807, 2.05) is 24.6 Å². The van der Waals surface area contributed by atoms with Gasteiger partial charge in [-0.25, -0.2) is 4.98 Å². The first kappa shape index (κ1) is 18.5. The molecule has 1 unspecified atom stereocenters. The molecule has 0 aromatic carbocycles. The molecule has 4 aliphatic rings. The van der Waals surface area contributed by atoms with Crippen LogP contribution in [-0.2, 0) is 16.3 Å². The molecule has 0 spiro atoms. The summed E-state index contributed by atoms with van der Waals surface area (Å²) in [4.78, 5) is 6.07.